The Kier molecular flexibility index (Phi) is 4.49. The van der Waals surface area contributed by atoms with E-state index in [0.29, 0.717) is 0 Å². The molecule has 30 heavy (non-hydrogen) atoms. The van der Waals surface area contributed by atoms with Crippen LogP contribution in [-0.4, -0.2) is 19.2 Å². The van der Waals surface area contributed by atoms with Gasteiger partial charge in [-0.2, -0.15) is 9.61 Å². The summed E-state index contributed by atoms with van der Waals surface area (Å²) in [7, 11) is 0. The zero-order valence-electron chi connectivity index (χ0n) is 19.1. The van der Waals surface area contributed by atoms with Gasteiger partial charge in [-0.3, -0.25) is 0 Å². The normalized spacial score (nSPS) is 14.3. The second-order valence-electron chi connectivity index (χ2n) is 9.34. The highest BCUT2D eigenvalue weighted by Crippen LogP contribution is 2.37. The molecule has 0 N–H and O–H groups in total. The minimum Gasteiger partial charge on any atom is -0.329 e. The zero-order valence-corrected chi connectivity index (χ0v) is 19.1. The summed E-state index contributed by atoms with van der Waals surface area (Å²) in [6, 6.07) is 6.90. The molecule has 1 aliphatic rings. The Morgan fingerprint density at radius 3 is 2.27 bits per heavy atom. The van der Waals surface area contributed by atoms with Crippen LogP contribution in [0, 0.1) is 40.5 Å². The summed E-state index contributed by atoms with van der Waals surface area (Å²) in [4.78, 5) is 5.10. The topological polar surface area (TPSA) is 35.1 Å². The monoisotopic (exact) mass is 400 g/mol. The second-order valence-corrected chi connectivity index (χ2v) is 9.34. The summed E-state index contributed by atoms with van der Waals surface area (Å²) < 4.78 is 4.68. The lowest BCUT2D eigenvalue weighted by molar-refractivity contribution is 0.606. The number of fused-ring (bicyclic) bond motifs is 3. The molecule has 4 heteroatoms. The molecule has 0 bridgehead atoms. The van der Waals surface area contributed by atoms with Gasteiger partial charge in [-0.25, -0.2) is 4.98 Å². The lowest BCUT2D eigenvalue weighted by Crippen LogP contribution is -2.08. The van der Waals surface area contributed by atoms with Gasteiger partial charge in [0.15, 0.2) is 5.65 Å². The first-order chi connectivity index (χ1) is 14.4. The van der Waals surface area contributed by atoms with Crippen molar-refractivity contribution in [3.8, 4) is 11.1 Å². The van der Waals surface area contributed by atoms with Crippen LogP contribution in [-0.2, 0) is 13.0 Å². The lowest BCUT2D eigenvalue weighted by atomic mass is 9.94. The Morgan fingerprint density at radius 2 is 1.63 bits per heavy atom. The molecule has 1 aromatic carbocycles. The van der Waals surface area contributed by atoms with Crippen LogP contribution < -0.4 is 0 Å². The molecule has 0 spiro atoms. The van der Waals surface area contributed by atoms with Gasteiger partial charge in [-0.05, 0) is 82.6 Å². The van der Waals surface area contributed by atoms with Gasteiger partial charge in [-0.1, -0.05) is 31.0 Å². The summed E-state index contributed by atoms with van der Waals surface area (Å²) in [6.07, 6.45) is 4.96. The molecule has 156 valence electrons. The predicted molar refractivity (Wildman–Crippen MR) is 124 cm³/mol. The fourth-order valence-corrected chi connectivity index (χ4v) is 5.16. The van der Waals surface area contributed by atoms with E-state index in [9.17, 15) is 0 Å². The summed E-state index contributed by atoms with van der Waals surface area (Å²) in [5.41, 5.74) is 12.2. The van der Waals surface area contributed by atoms with E-state index in [2.05, 4.69) is 68.8 Å². The summed E-state index contributed by atoms with van der Waals surface area (Å²) >= 11 is 0. The fourth-order valence-electron chi connectivity index (χ4n) is 5.16. The predicted octanol–water partition coefficient (Wildman–Crippen LogP) is 6.26. The van der Waals surface area contributed by atoms with E-state index in [1.54, 1.807) is 0 Å². The largest absolute Gasteiger partial charge is 0.329 e. The minimum atomic E-state index is 0.817. The van der Waals surface area contributed by atoms with Gasteiger partial charge in [0, 0.05) is 17.6 Å². The second kappa shape index (κ2) is 6.97. The van der Waals surface area contributed by atoms with Crippen LogP contribution in [0.5, 0.6) is 0 Å². The Balaban J connectivity index is 1.85. The molecular weight excluding hydrogens is 368 g/mol. The van der Waals surface area contributed by atoms with Crippen molar-refractivity contribution >= 4 is 16.7 Å². The standard InChI is InChI=1S/C26H32N4/c1-7-8-21-13-22-18(5)27-25-24(23-16(3)11-15(2)12-17(23)4)19(6)28-30(25)26(22)29(21)14-20-9-10-20/h11-13,20H,7-10,14H2,1-6H3. The molecular formula is C26H32N4. The first-order valence-corrected chi connectivity index (χ1v) is 11.3. The molecule has 5 rings (SSSR count). The lowest BCUT2D eigenvalue weighted by Gasteiger charge is -2.12. The van der Waals surface area contributed by atoms with E-state index < -0.39 is 0 Å². The SMILES string of the molecule is CCCc1cc2c(C)nc3c(-c4c(C)cc(C)cc4C)c(C)nn3c2n1CC1CC1. The van der Waals surface area contributed by atoms with Crippen molar-refractivity contribution in [3.05, 3.63) is 52.0 Å². The molecule has 0 radical (unpaired) electrons. The van der Waals surface area contributed by atoms with E-state index in [0.717, 1.165) is 42.3 Å². The van der Waals surface area contributed by atoms with E-state index >= 15 is 0 Å². The highest BCUT2D eigenvalue weighted by atomic mass is 15.3. The van der Waals surface area contributed by atoms with E-state index in [-0.39, 0.29) is 0 Å². The van der Waals surface area contributed by atoms with Gasteiger partial charge < -0.3 is 4.57 Å². The maximum absolute atomic E-state index is 5.10. The number of aryl methyl sites for hydroxylation is 6. The quantitative estimate of drug-likeness (QED) is 0.396. The molecule has 1 saturated carbocycles. The minimum absolute atomic E-state index is 0.817. The third-order valence-corrected chi connectivity index (χ3v) is 6.63. The number of nitrogens with zero attached hydrogens (tertiary/aromatic N) is 4. The number of hydrogen-bond donors (Lipinski definition) is 0. The number of benzene rings is 1. The number of aromatic nitrogens is 4. The number of hydrogen-bond acceptors (Lipinski definition) is 2. The Bertz CT molecular complexity index is 1260. The average molecular weight is 401 g/mol. The molecule has 4 nitrogen and oxygen atoms in total. The smallest absolute Gasteiger partial charge is 0.165 e. The van der Waals surface area contributed by atoms with Crippen LogP contribution in [0.25, 0.3) is 27.8 Å². The van der Waals surface area contributed by atoms with Gasteiger partial charge in [0.1, 0.15) is 5.65 Å². The third kappa shape index (κ3) is 2.96. The van der Waals surface area contributed by atoms with Gasteiger partial charge in [0.25, 0.3) is 0 Å². The van der Waals surface area contributed by atoms with Crippen molar-refractivity contribution in [1.82, 2.24) is 19.2 Å². The van der Waals surface area contributed by atoms with Crippen molar-refractivity contribution in [3.63, 3.8) is 0 Å². The van der Waals surface area contributed by atoms with Crippen molar-refractivity contribution in [1.29, 1.82) is 0 Å². The van der Waals surface area contributed by atoms with Crippen LogP contribution in [0.2, 0.25) is 0 Å². The summed E-state index contributed by atoms with van der Waals surface area (Å²) in [5, 5.41) is 6.31. The average Bonchev–Trinajstić information content (AvgIpc) is 3.34. The maximum atomic E-state index is 5.10. The molecule has 0 saturated heterocycles. The molecule has 0 amide bonds. The number of rotatable bonds is 5. The summed E-state index contributed by atoms with van der Waals surface area (Å²) in [6.45, 7) is 14.2. The van der Waals surface area contributed by atoms with E-state index in [1.165, 1.54) is 57.4 Å². The molecule has 0 aliphatic heterocycles. The Labute approximate surface area is 178 Å². The molecule has 0 atom stereocenters. The molecule has 1 aliphatic carbocycles. The molecule has 0 unspecified atom stereocenters. The first kappa shape index (κ1) is 19.3. The Morgan fingerprint density at radius 1 is 0.933 bits per heavy atom. The van der Waals surface area contributed by atoms with Crippen LogP contribution in [0.15, 0.2) is 18.2 Å². The van der Waals surface area contributed by atoms with Gasteiger partial charge in [0.05, 0.1) is 17.0 Å². The molecule has 4 aromatic rings. The van der Waals surface area contributed by atoms with Crippen LogP contribution >= 0.6 is 0 Å². The Hall–Kier alpha value is -2.62. The maximum Gasteiger partial charge on any atom is 0.165 e. The van der Waals surface area contributed by atoms with Crippen molar-refractivity contribution < 1.29 is 0 Å². The molecule has 3 aromatic heterocycles. The first-order valence-electron chi connectivity index (χ1n) is 11.3. The molecule has 3 heterocycles. The van der Waals surface area contributed by atoms with Crippen molar-refractivity contribution in [2.45, 2.75) is 73.8 Å². The highest BCUT2D eigenvalue weighted by molar-refractivity contribution is 5.90. The summed E-state index contributed by atoms with van der Waals surface area (Å²) in [5.74, 6) is 0.817. The van der Waals surface area contributed by atoms with Gasteiger partial charge in [0.2, 0.25) is 0 Å². The zero-order chi connectivity index (χ0) is 21.2. The van der Waals surface area contributed by atoms with E-state index in [4.69, 9.17) is 10.1 Å². The highest BCUT2D eigenvalue weighted by Gasteiger charge is 2.26. The van der Waals surface area contributed by atoms with Crippen LogP contribution in [0.3, 0.4) is 0 Å². The van der Waals surface area contributed by atoms with Crippen LogP contribution in [0.4, 0.5) is 0 Å². The van der Waals surface area contributed by atoms with Gasteiger partial charge in [-0.15, -0.1) is 0 Å². The van der Waals surface area contributed by atoms with Crippen molar-refractivity contribution in [2.24, 2.45) is 5.92 Å². The van der Waals surface area contributed by atoms with Crippen molar-refractivity contribution in [2.75, 3.05) is 0 Å². The third-order valence-electron chi connectivity index (χ3n) is 6.63. The van der Waals surface area contributed by atoms with Crippen LogP contribution in [0.1, 0.15) is 60.0 Å². The fraction of sp³-hybridized carbons (Fsp3) is 0.462. The molecule has 1 fully saturated rings. The van der Waals surface area contributed by atoms with Gasteiger partial charge >= 0.3 is 0 Å². The van der Waals surface area contributed by atoms with E-state index in [1.807, 2.05) is 0 Å².